The third-order valence-electron chi connectivity index (χ3n) is 2.83. The molecule has 2 nitrogen and oxygen atoms in total. The van der Waals surface area contributed by atoms with Crippen molar-refractivity contribution in [2.75, 3.05) is 6.61 Å². The standard InChI is InChI=1S/C16H14Cl3NO/c1-3-21-16-13(18)6-11(7-14(16)19)9-20-15-8-12(17)5-4-10(15)2/h4-9H,3H2,1-2H3. The maximum atomic E-state index is 6.16. The summed E-state index contributed by atoms with van der Waals surface area (Å²) in [6.45, 7) is 4.36. The number of aryl methyl sites for hydroxylation is 1. The van der Waals surface area contributed by atoms with Crippen molar-refractivity contribution in [3.05, 3.63) is 56.5 Å². The molecule has 5 heteroatoms. The number of hydrogen-bond acceptors (Lipinski definition) is 2. The van der Waals surface area contributed by atoms with Crippen molar-refractivity contribution in [3.63, 3.8) is 0 Å². The molecular weight excluding hydrogens is 329 g/mol. The SMILES string of the molecule is CCOc1c(Cl)cc(C=Nc2cc(Cl)ccc2C)cc1Cl. The van der Waals surface area contributed by atoms with Crippen LogP contribution >= 0.6 is 34.8 Å². The lowest BCUT2D eigenvalue weighted by molar-refractivity contribution is 0.340. The highest BCUT2D eigenvalue weighted by Crippen LogP contribution is 2.34. The lowest BCUT2D eigenvalue weighted by Gasteiger charge is -2.08. The predicted molar refractivity (Wildman–Crippen MR) is 91.1 cm³/mol. The fourth-order valence-corrected chi connectivity index (χ4v) is 2.58. The molecule has 0 amide bonds. The molecule has 0 heterocycles. The second-order valence-electron chi connectivity index (χ2n) is 4.44. The van der Waals surface area contributed by atoms with Crippen LogP contribution in [0.25, 0.3) is 0 Å². The maximum Gasteiger partial charge on any atom is 0.156 e. The Hall–Kier alpha value is -1.22. The lowest BCUT2D eigenvalue weighted by atomic mass is 10.2. The summed E-state index contributed by atoms with van der Waals surface area (Å²) < 4.78 is 5.39. The second kappa shape index (κ2) is 7.17. The average molecular weight is 343 g/mol. The molecular formula is C16H14Cl3NO. The Kier molecular flexibility index (Phi) is 5.51. The quantitative estimate of drug-likeness (QED) is 0.615. The first-order valence-electron chi connectivity index (χ1n) is 6.43. The highest BCUT2D eigenvalue weighted by atomic mass is 35.5. The second-order valence-corrected chi connectivity index (χ2v) is 5.69. The van der Waals surface area contributed by atoms with Gasteiger partial charge in [0.25, 0.3) is 0 Å². The molecule has 0 aliphatic carbocycles. The minimum Gasteiger partial charge on any atom is -0.491 e. The van der Waals surface area contributed by atoms with E-state index in [-0.39, 0.29) is 0 Å². The number of halogens is 3. The highest BCUT2D eigenvalue weighted by Gasteiger charge is 2.08. The van der Waals surface area contributed by atoms with Gasteiger partial charge in [-0.05, 0) is 49.2 Å². The molecule has 0 saturated heterocycles. The van der Waals surface area contributed by atoms with Crippen LogP contribution in [0.4, 0.5) is 5.69 Å². The van der Waals surface area contributed by atoms with E-state index >= 15 is 0 Å². The summed E-state index contributed by atoms with van der Waals surface area (Å²) in [5.41, 5.74) is 2.65. The predicted octanol–water partition coefficient (Wildman–Crippen LogP) is 6.10. The molecule has 110 valence electrons. The molecule has 0 atom stereocenters. The van der Waals surface area contributed by atoms with E-state index in [9.17, 15) is 0 Å². The van der Waals surface area contributed by atoms with Gasteiger partial charge in [-0.15, -0.1) is 0 Å². The Balaban J connectivity index is 2.31. The first-order chi connectivity index (χ1) is 10.0. The van der Waals surface area contributed by atoms with E-state index in [1.165, 1.54) is 0 Å². The lowest BCUT2D eigenvalue weighted by Crippen LogP contribution is -1.94. The molecule has 0 saturated carbocycles. The van der Waals surface area contributed by atoms with Crippen molar-refractivity contribution in [3.8, 4) is 5.75 Å². The van der Waals surface area contributed by atoms with Gasteiger partial charge in [-0.3, -0.25) is 4.99 Å². The van der Waals surface area contributed by atoms with E-state index in [4.69, 9.17) is 39.5 Å². The van der Waals surface area contributed by atoms with Crippen LogP contribution in [0.2, 0.25) is 15.1 Å². The Bertz CT molecular complexity index is 660. The van der Waals surface area contributed by atoms with Crippen LogP contribution in [0, 0.1) is 6.92 Å². The van der Waals surface area contributed by atoms with Crippen molar-refractivity contribution >= 4 is 46.7 Å². The molecule has 2 aromatic carbocycles. The van der Waals surface area contributed by atoms with Crippen molar-refractivity contribution in [2.45, 2.75) is 13.8 Å². The Morgan fingerprint density at radius 1 is 1.10 bits per heavy atom. The van der Waals surface area contributed by atoms with Gasteiger partial charge in [-0.25, -0.2) is 0 Å². The van der Waals surface area contributed by atoms with Gasteiger partial charge in [0, 0.05) is 11.2 Å². The van der Waals surface area contributed by atoms with E-state index in [2.05, 4.69) is 4.99 Å². The zero-order valence-electron chi connectivity index (χ0n) is 11.7. The van der Waals surface area contributed by atoms with Crippen molar-refractivity contribution in [1.82, 2.24) is 0 Å². The zero-order valence-corrected chi connectivity index (χ0v) is 13.9. The number of rotatable bonds is 4. The number of hydrogen-bond donors (Lipinski definition) is 0. The molecule has 2 aromatic rings. The van der Waals surface area contributed by atoms with E-state index in [0.29, 0.717) is 27.4 Å². The molecule has 2 rings (SSSR count). The Morgan fingerprint density at radius 3 is 2.38 bits per heavy atom. The first kappa shape index (κ1) is 16.2. The van der Waals surface area contributed by atoms with Gasteiger partial charge in [-0.2, -0.15) is 0 Å². The van der Waals surface area contributed by atoms with Gasteiger partial charge in [-0.1, -0.05) is 40.9 Å². The summed E-state index contributed by atoms with van der Waals surface area (Å²) >= 11 is 18.3. The van der Waals surface area contributed by atoms with Crippen molar-refractivity contribution in [2.24, 2.45) is 4.99 Å². The number of nitrogens with zero attached hydrogens (tertiary/aromatic N) is 1. The third kappa shape index (κ3) is 4.13. The topological polar surface area (TPSA) is 21.6 Å². The molecule has 21 heavy (non-hydrogen) atoms. The van der Waals surface area contributed by atoms with E-state index < -0.39 is 0 Å². The van der Waals surface area contributed by atoms with E-state index in [0.717, 1.165) is 16.8 Å². The molecule has 0 radical (unpaired) electrons. The van der Waals surface area contributed by atoms with E-state index in [1.54, 1.807) is 18.3 Å². The monoisotopic (exact) mass is 341 g/mol. The fourth-order valence-electron chi connectivity index (χ4n) is 1.80. The molecule has 0 unspecified atom stereocenters. The maximum absolute atomic E-state index is 6.16. The normalized spacial score (nSPS) is 11.1. The van der Waals surface area contributed by atoms with Crippen LogP contribution in [-0.2, 0) is 0 Å². The van der Waals surface area contributed by atoms with Crippen LogP contribution in [-0.4, -0.2) is 12.8 Å². The Labute approximate surface area is 139 Å². The number of aliphatic imine (C=N–C) groups is 1. The summed E-state index contributed by atoms with van der Waals surface area (Å²) in [5.74, 6) is 0.497. The summed E-state index contributed by atoms with van der Waals surface area (Å²) in [7, 11) is 0. The summed E-state index contributed by atoms with van der Waals surface area (Å²) in [4.78, 5) is 4.43. The number of ether oxygens (including phenoxy) is 1. The minimum absolute atomic E-state index is 0.466. The van der Waals surface area contributed by atoms with Crippen LogP contribution in [0.1, 0.15) is 18.1 Å². The minimum atomic E-state index is 0.466. The van der Waals surface area contributed by atoms with Crippen LogP contribution in [0.5, 0.6) is 5.75 Å². The molecule has 0 fully saturated rings. The summed E-state index contributed by atoms with van der Waals surface area (Å²) in [5, 5.41) is 1.58. The van der Waals surface area contributed by atoms with Crippen molar-refractivity contribution < 1.29 is 4.74 Å². The van der Waals surface area contributed by atoms with Gasteiger partial charge in [0.05, 0.1) is 22.3 Å². The van der Waals surface area contributed by atoms with Crippen molar-refractivity contribution in [1.29, 1.82) is 0 Å². The van der Waals surface area contributed by atoms with Crippen LogP contribution in [0.3, 0.4) is 0 Å². The zero-order chi connectivity index (χ0) is 15.4. The van der Waals surface area contributed by atoms with Gasteiger partial charge in [0.2, 0.25) is 0 Å². The molecule has 0 aromatic heterocycles. The largest absolute Gasteiger partial charge is 0.491 e. The van der Waals surface area contributed by atoms with Crippen LogP contribution in [0.15, 0.2) is 35.3 Å². The van der Waals surface area contributed by atoms with Gasteiger partial charge >= 0.3 is 0 Å². The molecule has 0 spiro atoms. The Morgan fingerprint density at radius 2 is 1.76 bits per heavy atom. The first-order valence-corrected chi connectivity index (χ1v) is 7.56. The molecule has 0 N–H and O–H groups in total. The molecule has 0 aliphatic heterocycles. The fraction of sp³-hybridized carbons (Fsp3) is 0.188. The number of benzene rings is 2. The third-order valence-corrected chi connectivity index (χ3v) is 3.63. The average Bonchev–Trinajstić information content (AvgIpc) is 2.44. The van der Waals surface area contributed by atoms with E-state index in [1.807, 2.05) is 32.0 Å². The highest BCUT2D eigenvalue weighted by molar-refractivity contribution is 6.37. The van der Waals surface area contributed by atoms with Gasteiger partial charge < -0.3 is 4.74 Å². The smallest absolute Gasteiger partial charge is 0.156 e. The molecule has 0 aliphatic rings. The summed E-state index contributed by atoms with van der Waals surface area (Å²) in [6.07, 6.45) is 1.70. The van der Waals surface area contributed by atoms with Gasteiger partial charge in [0.15, 0.2) is 5.75 Å². The van der Waals surface area contributed by atoms with Gasteiger partial charge in [0.1, 0.15) is 0 Å². The van der Waals surface area contributed by atoms with Crippen LogP contribution < -0.4 is 4.74 Å². The molecule has 0 bridgehead atoms. The summed E-state index contributed by atoms with van der Waals surface area (Å²) in [6, 6.07) is 9.10.